The van der Waals surface area contributed by atoms with Gasteiger partial charge in [0.2, 0.25) is 0 Å². The summed E-state index contributed by atoms with van der Waals surface area (Å²) in [6.07, 6.45) is 1.88. The number of hydrogen-bond donors (Lipinski definition) is 3. The Labute approximate surface area is 180 Å². The minimum absolute atomic E-state index is 0.119. The number of unbranched alkanes of at least 4 members (excludes halogenated alkanes) is 1. The number of carbonyl (C=O) groups is 2. The Balaban J connectivity index is 1.56. The Bertz CT molecular complexity index is 1090. The Hall–Kier alpha value is -3.35. The molecule has 0 atom stereocenters. The number of carboxylic acids is 1. The van der Waals surface area contributed by atoms with Crippen LogP contribution in [-0.2, 0) is 11.2 Å². The lowest BCUT2D eigenvalue weighted by Gasteiger charge is -2.09. The van der Waals surface area contributed by atoms with Gasteiger partial charge in [-0.25, -0.2) is 4.39 Å². The number of aryl methyl sites for hydroxylation is 2. The molecule has 0 saturated heterocycles. The molecule has 1 heterocycles. The smallest absolute Gasteiger partial charge is 0.303 e. The van der Waals surface area contributed by atoms with E-state index in [9.17, 15) is 14.0 Å². The lowest BCUT2D eigenvalue weighted by atomic mass is 10.0. The Morgan fingerprint density at radius 3 is 2.74 bits per heavy atom. The van der Waals surface area contributed by atoms with Crippen molar-refractivity contribution in [3.63, 3.8) is 0 Å². The normalized spacial score (nSPS) is 10.9. The fourth-order valence-corrected chi connectivity index (χ4v) is 3.65. The first kappa shape index (κ1) is 22.3. The third kappa shape index (κ3) is 5.63. The molecule has 3 rings (SSSR count). The van der Waals surface area contributed by atoms with Gasteiger partial charge in [0.25, 0.3) is 5.91 Å². The van der Waals surface area contributed by atoms with Gasteiger partial charge in [-0.1, -0.05) is 12.1 Å². The van der Waals surface area contributed by atoms with Crippen LogP contribution in [0.1, 0.15) is 46.4 Å². The maximum atomic E-state index is 14.1. The number of aromatic amines is 1. The van der Waals surface area contributed by atoms with Crippen LogP contribution in [0.3, 0.4) is 0 Å². The second-order valence-electron chi connectivity index (χ2n) is 7.58. The maximum absolute atomic E-state index is 14.1. The number of amides is 1. The van der Waals surface area contributed by atoms with E-state index in [1.165, 1.54) is 6.07 Å². The number of carboxylic acid groups (broad SMARTS) is 1. The van der Waals surface area contributed by atoms with Crippen LogP contribution in [0.2, 0.25) is 0 Å². The quantitative estimate of drug-likeness (QED) is 0.416. The average molecular weight is 426 g/mol. The molecule has 31 heavy (non-hydrogen) atoms. The SMILES string of the molecule is Cc1[nH]c2c(F)ccc(C)c2c1CCNC(=O)c1cccc(OCCCCC(=O)O)c1. The van der Waals surface area contributed by atoms with Crippen LogP contribution in [0, 0.1) is 19.7 Å². The number of H-pyrrole nitrogens is 1. The molecule has 0 bridgehead atoms. The third-order valence-corrected chi connectivity index (χ3v) is 5.24. The van der Waals surface area contributed by atoms with E-state index in [2.05, 4.69) is 10.3 Å². The molecule has 0 saturated carbocycles. The number of benzene rings is 2. The molecule has 0 spiro atoms. The summed E-state index contributed by atoms with van der Waals surface area (Å²) in [5.74, 6) is -0.737. The summed E-state index contributed by atoms with van der Waals surface area (Å²) < 4.78 is 19.7. The largest absolute Gasteiger partial charge is 0.494 e. The summed E-state index contributed by atoms with van der Waals surface area (Å²) in [6.45, 7) is 4.68. The molecule has 164 valence electrons. The predicted molar refractivity (Wildman–Crippen MR) is 117 cm³/mol. The molecule has 0 aliphatic carbocycles. The summed E-state index contributed by atoms with van der Waals surface area (Å²) in [6, 6.07) is 10.1. The van der Waals surface area contributed by atoms with Crippen molar-refractivity contribution >= 4 is 22.8 Å². The van der Waals surface area contributed by atoms with E-state index in [1.807, 2.05) is 13.8 Å². The van der Waals surface area contributed by atoms with Gasteiger partial charge >= 0.3 is 5.97 Å². The highest BCUT2D eigenvalue weighted by Gasteiger charge is 2.14. The highest BCUT2D eigenvalue weighted by molar-refractivity contribution is 5.94. The topological polar surface area (TPSA) is 91.4 Å². The molecular formula is C24H27FN2O4. The fourth-order valence-electron chi connectivity index (χ4n) is 3.65. The van der Waals surface area contributed by atoms with Crippen molar-refractivity contribution < 1.29 is 23.8 Å². The number of ether oxygens (including phenoxy) is 1. The number of carbonyl (C=O) groups excluding carboxylic acids is 1. The molecule has 7 heteroatoms. The van der Waals surface area contributed by atoms with E-state index in [0.717, 1.165) is 22.2 Å². The van der Waals surface area contributed by atoms with E-state index in [4.69, 9.17) is 9.84 Å². The third-order valence-electron chi connectivity index (χ3n) is 5.24. The van der Waals surface area contributed by atoms with E-state index < -0.39 is 5.97 Å². The molecule has 0 radical (unpaired) electrons. The van der Waals surface area contributed by atoms with Gasteiger partial charge in [-0.3, -0.25) is 9.59 Å². The highest BCUT2D eigenvalue weighted by Crippen LogP contribution is 2.27. The van der Waals surface area contributed by atoms with Crippen LogP contribution in [0.4, 0.5) is 4.39 Å². The Kier molecular flexibility index (Phi) is 7.28. The van der Waals surface area contributed by atoms with Crippen LogP contribution >= 0.6 is 0 Å². The minimum Gasteiger partial charge on any atom is -0.494 e. The highest BCUT2D eigenvalue weighted by atomic mass is 19.1. The molecule has 0 fully saturated rings. The Morgan fingerprint density at radius 1 is 1.16 bits per heavy atom. The van der Waals surface area contributed by atoms with Gasteiger partial charge in [0, 0.05) is 29.6 Å². The van der Waals surface area contributed by atoms with Gasteiger partial charge in [0.1, 0.15) is 11.6 Å². The van der Waals surface area contributed by atoms with E-state index in [1.54, 1.807) is 30.3 Å². The maximum Gasteiger partial charge on any atom is 0.303 e. The van der Waals surface area contributed by atoms with Crippen molar-refractivity contribution in [2.45, 2.75) is 39.5 Å². The van der Waals surface area contributed by atoms with Gasteiger partial charge < -0.3 is 20.1 Å². The summed E-state index contributed by atoms with van der Waals surface area (Å²) in [4.78, 5) is 26.2. The van der Waals surface area contributed by atoms with Crippen molar-refractivity contribution in [2.75, 3.05) is 13.2 Å². The molecule has 0 aliphatic rings. The van der Waals surface area contributed by atoms with Crippen LogP contribution in [-0.4, -0.2) is 35.1 Å². The van der Waals surface area contributed by atoms with Gasteiger partial charge in [-0.15, -0.1) is 0 Å². The molecule has 1 amide bonds. The van der Waals surface area contributed by atoms with Gasteiger partial charge in [-0.05, 0) is 68.5 Å². The summed E-state index contributed by atoms with van der Waals surface area (Å²) in [5.41, 5.74) is 3.89. The van der Waals surface area contributed by atoms with E-state index in [-0.39, 0.29) is 18.1 Å². The zero-order valence-corrected chi connectivity index (χ0v) is 17.8. The molecule has 2 aromatic carbocycles. The summed E-state index contributed by atoms with van der Waals surface area (Å²) in [7, 11) is 0. The van der Waals surface area contributed by atoms with Crippen LogP contribution < -0.4 is 10.1 Å². The molecule has 0 aliphatic heterocycles. The Morgan fingerprint density at radius 2 is 1.97 bits per heavy atom. The second-order valence-corrected chi connectivity index (χ2v) is 7.58. The number of hydrogen-bond acceptors (Lipinski definition) is 3. The molecule has 3 aromatic rings. The molecular weight excluding hydrogens is 399 g/mol. The first-order valence-corrected chi connectivity index (χ1v) is 10.4. The van der Waals surface area contributed by atoms with Crippen molar-refractivity contribution in [2.24, 2.45) is 0 Å². The van der Waals surface area contributed by atoms with E-state index >= 15 is 0 Å². The number of rotatable bonds is 10. The fraction of sp³-hybridized carbons (Fsp3) is 0.333. The van der Waals surface area contributed by atoms with Crippen molar-refractivity contribution in [1.29, 1.82) is 0 Å². The lowest BCUT2D eigenvalue weighted by Crippen LogP contribution is -2.25. The number of nitrogens with one attached hydrogen (secondary N) is 2. The number of halogens is 1. The molecule has 0 unspecified atom stereocenters. The van der Waals surface area contributed by atoms with E-state index in [0.29, 0.717) is 49.2 Å². The zero-order chi connectivity index (χ0) is 22.4. The zero-order valence-electron chi connectivity index (χ0n) is 17.8. The second kappa shape index (κ2) is 10.1. The molecule has 1 aromatic heterocycles. The predicted octanol–water partition coefficient (Wildman–Crippen LogP) is 4.53. The average Bonchev–Trinajstić information content (AvgIpc) is 3.08. The van der Waals surface area contributed by atoms with Crippen LogP contribution in [0.15, 0.2) is 36.4 Å². The van der Waals surface area contributed by atoms with Crippen molar-refractivity contribution in [3.05, 3.63) is 64.6 Å². The molecule has 3 N–H and O–H groups in total. The number of aliphatic carboxylic acids is 1. The van der Waals surface area contributed by atoms with Gasteiger partial charge in [0.05, 0.1) is 12.1 Å². The van der Waals surface area contributed by atoms with Crippen molar-refractivity contribution in [1.82, 2.24) is 10.3 Å². The monoisotopic (exact) mass is 426 g/mol. The first-order valence-electron chi connectivity index (χ1n) is 10.4. The first-order chi connectivity index (χ1) is 14.9. The van der Waals surface area contributed by atoms with Crippen LogP contribution in [0.5, 0.6) is 5.75 Å². The lowest BCUT2D eigenvalue weighted by molar-refractivity contribution is -0.137. The van der Waals surface area contributed by atoms with Crippen LogP contribution in [0.25, 0.3) is 10.9 Å². The van der Waals surface area contributed by atoms with Gasteiger partial charge in [-0.2, -0.15) is 0 Å². The van der Waals surface area contributed by atoms with Gasteiger partial charge in [0.15, 0.2) is 0 Å². The number of aromatic nitrogens is 1. The standard InChI is InChI=1S/C24H27FN2O4/c1-15-9-10-20(25)23-22(15)19(16(2)27-23)11-12-26-24(30)17-6-5-7-18(14-17)31-13-4-3-8-21(28)29/h5-7,9-10,14,27H,3-4,8,11-13H2,1-2H3,(H,26,30)(H,28,29). The van der Waals surface area contributed by atoms with Crippen molar-refractivity contribution in [3.8, 4) is 5.75 Å². The number of fused-ring (bicyclic) bond motifs is 1. The molecule has 6 nitrogen and oxygen atoms in total. The minimum atomic E-state index is -0.818. The summed E-state index contributed by atoms with van der Waals surface area (Å²) in [5, 5.41) is 12.4. The summed E-state index contributed by atoms with van der Waals surface area (Å²) >= 11 is 0.